The molecular formula is C8H22N2. The average molecular weight is 146 g/mol. The van der Waals surface area contributed by atoms with Crippen molar-refractivity contribution in [3.8, 4) is 0 Å². The molecule has 0 aliphatic carbocycles. The van der Waals surface area contributed by atoms with Gasteiger partial charge in [-0.2, -0.15) is 0 Å². The Morgan fingerprint density at radius 1 is 1.40 bits per heavy atom. The van der Waals surface area contributed by atoms with Gasteiger partial charge in [0, 0.05) is 1.43 Å². The molecule has 1 saturated heterocycles. The molecule has 0 bridgehead atoms. The van der Waals surface area contributed by atoms with Crippen LogP contribution in [0.25, 0.3) is 0 Å². The van der Waals surface area contributed by atoms with E-state index in [4.69, 9.17) is 5.73 Å². The van der Waals surface area contributed by atoms with Crippen molar-refractivity contribution in [3.05, 3.63) is 0 Å². The first kappa shape index (κ1) is 9.92. The first-order valence-corrected chi connectivity index (χ1v) is 4.34. The Hall–Kier alpha value is -0.0800. The summed E-state index contributed by atoms with van der Waals surface area (Å²) in [5.74, 6) is 0.802. The molecule has 0 amide bonds. The molecule has 2 heteroatoms. The second-order valence-electron chi connectivity index (χ2n) is 2.43. The van der Waals surface area contributed by atoms with E-state index < -0.39 is 0 Å². The van der Waals surface area contributed by atoms with Gasteiger partial charge in [0.15, 0.2) is 0 Å². The van der Waals surface area contributed by atoms with E-state index in [-0.39, 0.29) is 1.43 Å². The smallest absolute Gasteiger partial charge is 0 e. The first-order chi connectivity index (χ1) is 4.93. The van der Waals surface area contributed by atoms with Crippen LogP contribution in [0.1, 0.15) is 28.1 Å². The third kappa shape index (κ3) is 3.85. The molecule has 64 valence electrons. The molecule has 1 aliphatic heterocycles. The summed E-state index contributed by atoms with van der Waals surface area (Å²) >= 11 is 0. The maximum atomic E-state index is 5.48. The first-order valence-electron chi connectivity index (χ1n) is 4.34. The van der Waals surface area contributed by atoms with Crippen molar-refractivity contribution in [1.82, 2.24) is 5.32 Å². The second kappa shape index (κ2) is 7.03. The van der Waals surface area contributed by atoms with Gasteiger partial charge in [-0.1, -0.05) is 13.8 Å². The van der Waals surface area contributed by atoms with Gasteiger partial charge in [-0.3, -0.25) is 0 Å². The Bertz CT molecular complexity index is 63.1. The van der Waals surface area contributed by atoms with Gasteiger partial charge in [0.2, 0.25) is 0 Å². The molecule has 0 atom stereocenters. The van der Waals surface area contributed by atoms with Crippen molar-refractivity contribution in [2.75, 3.05) is 19.6 Å². The quantitative estimate of drug-likeness (QED) is 0.583. The Morgan fingerprint density at radius 2 is 1.90 bits per heavy atom. The lowest BCUT2D eigenvalue weighted by atomic mass is 9.99. The maximum Gasteiger partial charge on any atom is 0 e. The highest BCUT2D eigenvalue weighted by Crippen LogP contribution is 2.07. The van der Waals surface area contributed by atoms with Gasteiger partial charge >= 0.3 is 0 Å². The Morgan fingerprint density at radius 3 is 2.20 bits per heavy atom. The van der Waals surface area contributed by atoms with E-state index in [0.717, 1.165) is 12.5 Å². The van der Waals surface area contributed by atoms with E-state index in [2.05, 4.69) is 5.32 Å². The van der Waals surface area contributed by atoms with Crippen LogP contribution in [0.3, 0.4) is 0 Å². The normalized spacial score (nSPS) is 19.5. The molecule has 10 heavy (non-hydrogen) atoms. The molecule has 1 aliphatic rings. The summed E-state index contributed by atoms with van der Waals surface area (Å²) < 4.78 is 0. The molecule has 0 aromatic heterocycles. The van der Waals surface area contributed by atoms with Gasteiger partial charge in [-0.25, -0.2) is 0 Å². The minimum Gasteiger partial charge on any atom is -0.330 e. The lowest BCUT2D eigenvalue weighted by Crippen LogP contribution is -2.31. The number of piperidine rings is 1. The van der Waals surface area contributed by atoms with Gasteiger partial charge < -0.3 is 11.1 Å². The highest BCUT2D eigenvalue weighted by molar-refractivity contribution is 4.67. The minimum absolute atomic E-state index is 0. The summed E-state index contributed by atoms with van der Waals surface area (Å²) in [6.07, 6.45) is 2.55. The van der Waals surface area contributed by atoms with Crippen LogP contribution >= 0.6 is 0 Å². The zero-order valence-corrected chi connectivity index (χ0v) is 7.19. The van der Waals surface area contributed by atoms with E-state index in [9.17, 15) is 0 Å². The van der Waals surface area contributed by atoms with Crippen molar-refractivity contribution in [2.45, 2.75) is 26.7 Å². The second-order valence-corrected chi connectivity index (χ2v) is 2.43. The number of rotatable bonds is 1. The fourth-order valence-corrected chi connectivity index (χ4v) is 1.12. The average Bonchev–Trinajstić information content (AvgIpc) is 2.10. The molecule has 1 rings (SSSR count). The van der Waals surface area contributed by atoms with E-state index in [0.29, 0.717) is 0 Å². The highest BCUT2D eigenvalue weighted by atomic mass is 14.9. The van der Waals surface area contributed by atoms with Crippen molar-refractivity contribution in [2.24, 2.45) is 11.7 Å². The topological polar surface area (TPSA) is 38.0 Å². The molecule has 2 nitrogen and oxygen atoms in total. The lowest BCUT2D eigenvalue weighted by molar-refractivity contribution is 0.382. The highest BCUT2D eigenvalue weighted by Gasteiger charge is 2.09. The molecule has 0 spiro atoms. The fourth-order valence-electron chi connectivity index (χ4n) is 1.12. The van der Waals surface area contributed by atoms with Gasteiger partial charge in [-0.05, 0) is 38.4 Å². The predicted molar refractivity (Wildman–Crippen MR) is 48.1 cm³/mol. The summed E-state index contributed by atoms with van der Waals surface area (Å²) in [5.41, 5.74) is 5.48. The Labute approximate surface area is 65.7 Å². The summed E-state index contributed by atoms with van der Waals surface area (Å²) in [6, 6.07) is 0. The van der Waals surface area contributed by atoms with E-state index in [1.807, 2.05) is 13.8 Å². The van der Waals surface area contributed by atoms with Crippen molar-refractivity contribution >= 4 is 0 Å². The zero-order valence-electron chi connectivity index (χ0n) is 7.19. The molecule has 0 unspecified atom stereocenters. The third-order valence-electron chi connectivity index (χ3n) is 1.79. The molecule has 3 N–H and O–H groups in total. The molecule has 0 radical (unpaired) electrons. The summed E-state index contributed by atoms with van der Waals surface area (Å²) in [5, 5.41) is 3.29. The molecule has 1 heterocycles. The predicted octanol–water partition coefficient (Wildman–Crippen LogP) is 1.22. The van der Waals surface area contributed by atoms with Gasteiger partial charge in [0.05, 0.1) is 0 Å². The van der Waals surface area contributed by atoms with Crippen molar-refractivity contribution in [1.29, 1.82) is 0 Å². The molecule has 0 aromatic rings. The van der Waals surface area contributed by atoms with Crippen LogP contribution in [0.2, 0.25) is 0 Å². The van der Waals surface area contributed by atoms with Crippen LogP contribution in [0.4, 0.5) is 0 Å². The van der Waals surface area contributed by atoms with Crippen LogP contribution in [0.15, 0.2) is 0 Å². The van der Waals surface area contributed by atoms with E-state index in [1.165, 1.54) is 25.9 Å². The van der Waals surface area contributed by atoms with E-state index in [1.54, 1.807) is 0 Å². The summed E-state index contributed by atoms with van der Waals surface area (Å²) in [7, 11) is 0. The summed E-state index contributed by atoms with van der Waals surface area (Å²) in [6.45, 7) is 7.21. The van der Waals surface area contributed by atoms with Gasteiger partial charge in [0.1, 0.15) is 0 Å². The van der Waals surface area contributed by atoms with Gasteiger partial charge in [-0.15, -0.1) is 0 Å². The van der Waals surface area contributed by atoms with Crippen molar-refractivity contribution < 1.29 is 1.43 Å². The molecule has 1 fully saturated rings. The SMILES string of the molecule is CC.NCC1CCNCC1.[HH]. The van der Waals surface area contributed by atoms with E-state index >= 15 is 0 Å². The van der Waals surface area contributed by atoms with Crippen LogP contribution in [-0.2, 0) is 0 Å². The largest absolute Gasteiger partial charge is 0.330 e. The Balaban J connectivity index is 0. The van der Waals surface area contributed by atoms with Crippen LogP contribution in [0, 0.1) is 5.92 Å². The number of hydrogen-bond acceptors (Lipinski definition) is 2. The zero-order chi connectivity index (χ0) is 7.82. The number of nitrogens with one attached hydrogen (secondary N) is 1. The van der Waals surface area contributed by atoms with Crippen LogP contribution in [0.5, 0.6) is 0 Å². The third-order valence-corrected chi connectivity index (χ3v) is 1.79. The lowest BCUT2D eigenvalue weighted by Gasteiger charge is -2.20. The fraction of sp³-hybridized carbons (Fsp3) is 1.00. The van der Waals surface area contributed by atoms with Crippen molar-refractivity contribution in [3.63, 3.8) is 0 Å². The molecule has 0 saturated carbocycles. The molecular weight excluding hydrogens is 124 g/mol. The van der Waals surface area contributed by atoms with Crippen LogP contribution < -0.4 is 11.1 Å². The summed E-state index contributed by atoms with van der Waals surface area (Å²) in [4.78, 5) is 0. The number of nitrogens with two attached hydrogens (primary N) is 1. The Kier molecular flexibility index (Phi) is 6.98. The maximum absolute atomic E-state index is 5.48. The van der Waals surface area contributed by atoms with Crippen LogP contribution in [-0.4, -0.2) is 19.6 Å². The molecule has 0 aromatic carbocycles. The number of hydrogen-bond donors (Lipinski definition) is 2. The van der Waals surface area contributed by atoms with Gasteiger partial charge in [0.25, 0.3) is 0 Å². The standard InChI is InChI=1S/C6H14N2.C2H6.H2/c7-5-6-1-3-8-4-2-6;1-2;/h6,8H,1-5,7H2;1-2H3;1H. The monoisotopic (exact) mass is 146 g/mol. The minimum atomic E-state index is 0.